The van der Waals surface area contributed by atoms with Crippen LogP contribution in [0.15, 0.2) is 48.7 Å². The van der Waals surface area contributed by atoms with Gasteiger partial charge in [-0.05, 0) is 51.4 Å². The minimum atomic E-state index is -0.524. The highest BCUT2D eigenvalue weighted by atomic mass is 19.1. The molecule has 0 aliphatic rings. The van der Waals surface area contributed by atoms with Crippen molar-refractivity contribution in [3.05, 3.63) is 77.1 Å². The number of aryl methyl sites for hydroxylation is 1. The predicted molar refractivity (Wildman–Crippen MR) is 110 cm³/mol. The quantitative estimate of drug-likeness (QED) is 0.612. The van der Waals surface area contributed by atoms with Gasteiger partial charge >= 0.3 is 0 Å². The van der Waals surface area contributed by atoms with Crippen molar-refractivity contribution in [2.45, 2.75) is 13.5 Å². The number of anilines is 1. The van der Waals surface area contributed by atoms with Gasteiger partial charge in [-0.15, -0.1) is 0 Å². The predicted octanol–water partition coefficient (Wildman–Crippen LogP) is 3.68. The largest absolute Gasteiger partial charge is 0.378 e. The van der Waals surface area contributed by atoms with Gasteiger partial charge in [0.1, 0.15) is 11.6 Å². The number of benzene rings is 2. The monoisotopic (exact) mass is 380 g/mol. The summed E-state index contributed by atoms with van der Waals surface area (Å²) in [6.07, 6.45) is 1.81. The summed E-state index contributed by atoms with van der Waals surface area (Å²) < 4.78 is 16.3. The van der Waals surface area contributed by atoms with E-state index in [0.717, 1.165) is 17.2 Å². The Bertz CT molecular complexity index is 1010. The second kappa shape index (κ2) is 7.94. The van der Waals surface area contributed by atoms with Crippen LogP contribution in [0.25, 0.3) is 5.69 Å². The molecule has 28 heavy (non-hydrogen) atoms. The Kier molecular flexibility index (Phi) is 5.61. The number of ketones is 1. The molecular formula is C22H25FN4O. The molecule has 0 N–H and O–H groups in total. The number of hydrogen-bond donors (Lipinski definition) is 0. The van der Waals surface area contributed by atoms with Crippen LogP contribution in [-0.2, 0) is 6.54 Å². The van der Waals surface area contributed by atoms with Gasteiger partial charge in [0.25, 0.3) is 0 Å². The molecule has 0 amide bonds. The maximum Gasteiger partial charge on any atom is 0.198 e. The normalized spacial score (nSPS) is 11.1. The van der Waals surface area contributed by atoms with Crippen LogP contribution in [0.3, 0.4) is 0 Å². The van der Waals surface area contributed by atoms with Crippen molar-refractivity contribution < 1.29 is 9.18 Å². The smallest absolute Gasteiger partial charge is 0.198 e. The first-order valence-electron chi connectivity index (χ1n) is 9.08. The molecule has 3 rings (SSSR count). The van der Waals surface area contributed by atoms with Crippen molar-refractivity contribution >= 4 is 11.5 Å². The topological polar surface area (TPSA) is 41.4 Å². The third kappa shape index (κ3) is 3.82. The molecule has 0 fully saturated rings. The lowest BCUT2D eigenvalue weighted by Gasteiger charge is -2.20. The summed E-state index contributed by atoms with van der Waals surface area (Å²) in [5.74, 6) is -0.0951. The summed E-state index contributed by atoms with van der Waals surface area (Å²) in [5, 5.41) is 0. The molecule has 0 atom stereocenters. The van der Waals surface area contributed by atoms with Crippen molar-refractivity contribution in [1.82, 2.24) is 14.5 Å². The molecule has 0 spiro atoms. The summed E-state index contributed by atoms with van der Waals surface area (Å²) in [6, 6.07) is 11.7. The maximum atomic E-state index is 14.3. The second-order valence-electron chi connectivity index (χ2n) is 7.27. The van der Waals surface area contributed by atoms with Crippen molar-refractivity contribution in [2.24, 2.45) is 0 Å². The van der Waals surface area contributed by atoms with Crippen LogP contribution in [0.5, 0.6) is 0 Å². The number of rotatable bonds is 6. The number of aromatic nitrogens is 2. The van der Waals surface area contributed by atoms with E-state index in [9.17, 15) is 9.18 Å². The van der Waals surface area contributed by atoms with Gasteiger partial charge in [-0.3, -0.25) is 9.36 Å². The first-order valence-corrected chi connectivity index (χ1v) is 9.08. The molecule has 0 aliphatic carbocycles. The fourth-order valence-corrected chi connectivity index (χ4v) is 3.23. The Morgan fingerprint density at radius 3 is 2.43 bits per heavy atom. The lowest BCUT2D eigenvalue weighted by molar-refractivity contribution is 0.103. The summed E-state index contributed by atoms with van der Waals surface area (Å²) >= 11 is 0. The molecule has 0 saturated heterocycles. The van der Waals surface area contributed by atoms with Crippen LogP contribution in [-0.4, -0.2) is 48.4 Å². The molecule has 1 aromatic heterocycles. The Labute approximate surface area is 165 Å². The van der Waals surface area contributed by atoms with Crippen LogP contribution in [0.1, 0.15) is 27.4 Å². The Morgan fingerprint density at radius 1 is 1.07 bits per heavy atom. The van der Waals surface area contributed by atoms with E-state index in [4.69, 9.17) is 0 Å². The fourth-order valence-electron chi connectivity index (χ4n) is 3.23. The fraction of sp³-hybridized carbons (Fsp3) is 0.273. The summed E-state index contributed by atoms with van der Waals surface area (Å²) in [5.41, 5.74) is 3.03. The van der Waals surface area contributed by atoms with E-state index in [1.807, 2.05) is 73.9 Å². The highest BCUT2D eigenvalue weighted by molar-refractivity contribution is 6.12. The summed E-state index contributed by atoms with van der Waals surface area (Å²) in [7, 11) is 7.78. The molecule has 6 heteroatoms. The zero-order valence-electron chi connectivity index (χ0n) is 16.9. The van der Waals surface area contributed by atoms with Gasteiger partial charge in [0.2, 0.25) is 0 Å². The standard InChI is InChI=1S/C22H25FN4O/c1-15-24-13-17(14-25(2)3)27(15)21-11-10-16(26(4)5)12-19(21)22(28)18-8-6-7-9-20(18)23/h6-13H,14H2,1-5H3. The molecule has 0 radical (unpaired) electrons. The number of nitrogens with zero attached hydrogens (tertiary/aromatic N) is 4. The molecule has 2 aromatic carbocycles. The first-order chi connectivity index (χ1) is 13.3. The van der Waals surface area contributed by atoms with Gasteiger partial charge in [-0.1, -0.05) is 12.1 Å². The number of carbonyl (C=O) groups is 1. The van der Waals surface area contributed by atoms with Crippen molar-refractivity contribution in [2.75, 3.05) is 33.1 Å². The second-order valence-corrected chi connectivity index (χ2v) is 7.27. The third-order valence-corrected chi connectivity index (χ3v) is 4.59. The molecule has 146 valence electrons. The van der Waals surface area contributed by atoms with Gasteiger partial charge in [-0.2, -0.15) is 0 Å². The summed E-state index contributed by atoms with van der Waals surface area (Å²) in [6.45, 7) is 2.57. The van der Waals surface area contributed by atoms with Gasteiger partial charge in [0, 0.05) is 31.9 Å². The zero-order chi connectivity index (χ0) is 20.4. The lowest BCUT2D eigenvalue weighted by atomic mass is 10.00. The van der Waals surface area contributed by atoms with E-state index in [0.29, 0.717) is 17.8 Å². The molecule has 0 aliphatic heterocycles. The van der Waals surface area contributed by atoms with E-state index in [2.05, 4.69) is 4.98 Å². The van der Waals surface area contributed by atoms with Crippen LogP contribution in [0.4, 0.5) is 10.1 Å². The zero-order valence-corrected chi connectivity index (χ0v) is 16.9. The van der Waals surface area contributed by atoms with E-state index >= 15 is 0 Å². The molecule has 0 saturated carbocycles. The first kappa shape index (κ1) is 19.8. The molecule has 0 unspecified atom stereocenters. The van der Waals surface area contributed by atoms with Crippen molar-refractivity contribution in [1.29, 1.82) is 0 Å². The van der Waals surface area contributed by atoms with Gasteiger partial charge < -0.3 is 9.80 Å². The van der Waals surface area contributed by atoms with Crippen LogP contribution in [0.2, 0.25) is 0 Å². The van der Waals surface area contributed by atoms with Gasteiger partial charge in [0.15, 0.2) is 5.78 Å². The highest BCUT2D eigenvalue weighted by Crippen LogP contribution is 2.27. The Hall–Kier alpha value is -2.99. The maximum absolute atomic E-state index is 14.3. The number of hydrogen-bond acceptors (Lipinski definition) is 4. The summed E-state index contributed by atoms with van der Waals surface area (Å²) in [4.78, 5) is 21.7. The number of halogens is 1. The minimum Gasteiger partial charge on any atom is -0.378 e. The van der Waals surface area contributed by atoms with Crippen LogP contribution >= 0.6 is 0 Å². The van der Waals surface area contributed by atoms with Crippen LogP contribution in [0, 0.1) is 12.7 Å². The third-order valence-electron chi connectivity index (χ3n) is 4.59. The average Bonchev–Trinajstić information content (AvgIpc) is 3.00. The Balaban J connectivity index is 2.22. The minimum absolute atomic E-state index is 0.0617. The number of carbonyl (C=O) groups excluding carboxylic acids is 1. The molecule has 5 nitrogen and oxygen atoms in total. The highest BCUT2D eigenvalue weighted by Gasteiger charge is 2.21. The molecular weight excluding hydrogens is 355 g/mol. The Morgan fingerprint density at radius 2 is 1.79 bits per heavy atom. The van der Waals surface area contributed by atoms with Crippen molar-refractivity contribution in [3.8, 4) is 5.69 Å². The molecule has 0 bridgehead atoms. The van der Waals surface area contributed by atoms with E-state index in [1.54, 1.807) is 12.1 Å². The van der Waals surface area contributed by atoms with Crippen molar-refractivity contribution in [3.63, 3.8) is 0 Å². The van der Waals surface area contributed by atoms with E-state index in [-0.39, 0.29) is 11.3 Å². The SMILES string of the molecule is Cc1ncc(CN(C)C)n1-c1ccc(N(C)C)cc1C(=O)c1ccccc1F. The average molecular weight is 380 g/mol. The van der Waals surface area contributed by atoms with Gasteiger partial charge in [-0.25, -0.2) is 9.37 Å². The van der Waals surface area contributed by atoms with Crippen LogP contribution < -0.4 is 4.90 Å². The van der Waals surface area contributed by atoms with Gasteiger partial charge in [0.05, 0.1) is 23.1 Å². The lowest BCUT2D eigenvalue weighted by Crippen LogP contribution is -2.17. The number of imidazole rings is 1. The molecule has 3 aromatic rings. The van der Waals surface area contributed by atoms with E-state index in [1.165, 1.54) is 12.1 Å². The van der Waals surface area contributed by atoms with E-state index < -0.39 is 5.82 Å². The molecule has 1 heterocycles.